The molecule has 2 aliphatic rings. The van der Waals surface area contributed by atoms with E-state index in [1.807, 2.05) is 17.0 Å². The van der Waals surface area contributed by atoms with Crippen LogP contribution in [0.1, 0.15) is 41.8 Å². The van der Waals surface area contributed by atoms with Crippen molar-refractivity contribution in [2.45, 2.75) is 45.1 Å². The number of nitrogens with zero attached hydrogens (tertiary/aromatic N) is 3. The van der Waals surface area contributed by atoms with E-state index < -0.39 is 0 Å². The summed E-state index contributed by atoms with van der Waals surface area (Å²) >= 11 is 1.66. The molecule has 1 saturated heterocycles. The quantitative estimate of drug-likeness (QED) is 0.763. The number of aryl methyl sites for hydroxylation is 2. The molecule has 0 atom stereocenters. The number of amides is 2. The Morgan fingerprint density at radius 3 is 2.72 bits per heavy atom. The summed E-state index contributed by atoms with van der Waals surface area (Å²) in [5.74, 6) is 0.881. The van der Waals surface area contributed by atoms with Crippen LogP contribution in [0, 0.1) is 0 Å². The second-order valence-corrected chi connectivity index (χ2v) is 8.93. The predicted molar refractivity (Wildman–Crippen MR) is 117 cm³/mol. The van der Waals surface area contributed by atoms with Crippen LogP contribution in [0.25, 0.3) is 0 Å². The van der Waals surface area contributed by atoms with Gasteiger partial charge >= 0.3 is 6.03 Å². The van der Waals surface area contributed by atoms with Gasteiger partial charge in [-0.25, -0.2) is 9.78 Å². The normalized spacial score (nSPS) is 17.9. The third kappa shape index (κ3) is 5.28. The van der Waals surface area contributed by atoms with Gasteiger partial charge in [-0.3, -0.25) is 10.2 Å². The number of carbonyl (C=O) groups is 1. The average molecular weight is 415 g/mol. The molecule has 1 N–H and O–H groups in total. The number of thiazole rings is 1. The first-order valence-corrected chi connectivity index (χ1v) is 11.4. The topological polar surface area (TPSA) is 57.7 Å². The Balaban J connectivity index is 1.30. The van der Waals surface area contributed by atoms with Crippen LogP contribution in [-0.2, 0) is 19.4 Å². The summed E-state index contributed by atoms with van der Waals surface area (Å²) in [6.07, 6.45) is 6.86. The fraction of sp³-hybridized carbons (Fsp3) is 0.545. The van der Waals surface area contributed by atoms with Crippen LogP contribution >= 0.6 is 11.3 Å². The fourth-order valence-electron chi connectivity index (χ4n) is 4.07. The molecule has 7 heteroatoms. The van der Waals surface area contributed by atoms with Crippen LogP contribution in [0.2, 0.25) is 0 Å². The molecule has 1 aliphatic carbocycles. The van der Waals surface area contributed by atoms with E-state index in [0.717, 1.165) is 62.9 Å². The van der Waals surface area contributed by atoms with E-state index in [2.05, 4.69) is 22.3 Å². The minimum Gasteiger partial charge on any atom is -0.497 e. The molecule has 1 aromatic heterocycles. The molecule has 0 radical (unpaired) electrons. The zero-order chi connectivity index (χ0) is 20.1. The molecule has 1 fully saturated rings. The van der Waals surface area contributed by atoms with Crippen LogP contribution in [0.5, 0.6) is 5.75 Å². The number of aromatic nitrogens is 1. The summed E-state index contributed by atoms with van der Waals surface area (Å²) in [7, 11) is 1.69. The highest BCUT2D eigenvalue weighted by atomic mass is 32.1. The molecule has 4 rings (SSSR count). The first-order valence-electron chi connectivity index (χ1n) is 10.6. The van der Waals surface area contributed by atoms with Gasteiger partial charge in [0.05, 0.1) is 12.8 Å². The van der Waals surface area contributed by atoms with Crippen LogP contribution in [0.4, 0.5) is 9.93 Å². The molecule has 1 aliphatic heterocycles. The smallest absolute Gasteiger partial charge is 0.323 e. The van der Waals surface area contributed by atoms with Gasteiger partial charge < -0.3 is 9.64 Å². The van der Waals surface area contributed by atoms with E-state index in [9.17, 15) is 4.79 Å². The molecule has 6 nitrogen and oxygen atoms in total. The number of nitrogens with one attached hydrogen (secondary N) is 1. The van der Waals surface area contributed by atoms with Crippen molar-refractivity contribution in [3.8, 4) is 5.75 Å². The Hall–Kier alpha value is -2.12. The Morgan fingerprint density at radius 2 is 1.90 bits per heavy atom. The van der Waals surface area contributed by atoms with Crippen molar-refractivity contribution in [3.63, 3.8) is 0 Å². The van der Waals surface area contributed by atoms with Gasteiger partial charge in [-0.1, -0.05) is 18.6 Å². The van der Waals surface area contributed by atoms with E-state index in [-0.39, 0.29) is 6.03 Å². The minimum absolute atomic E-state index is 0.0137. The minimum atomic E-state index is -0.0137. The summed E-state index contributed by atoms with van der Waals surface area (Å²) in [6, 6.07) is 8.21. The number of benzene rings is 1. The van der Waals surface area contributed by atoms with Crippen LogP contribution in [0.3, 0.4) is 0 Å². The van der Waals surface area contributed by atoms with Crippen molar-refractivity contribution < 1.29 is 9.53 Å². The number of urea groups is 1. The van der Waals surface area contributed by atoms with Crippen LogP contribution in [0.15, 0.2) is 24.3 Å². The molecule has 0 unspecified atom stereocenters. The standard InChI is InChI=1S/C22H30N4O2S/c1-28-18-10-8-17(9-11-18)16-25-12-5-13-26(15-14-25)22(27)24-21-23-19-6-3-2-4-7-20(19)29-21/h8-11H,2-7,12-16H2,1H3,(H,23,24,27). The predicted octanol–water partition coefficient (Wildman–Crippen LogP) is 4.16. The molecule has 29 heavy (non-hydrogen) atoms. The monoisotopic (exact) mass is 414 g/mol. The molecule has 1 aromatic carbocycles. The molecular formula is C22H30N4O2S. The van der Waals surface area contributed by atoms with Crippen molar-refractivity contribution in [2.24, 2.45) is 0 Å². The Bertz CT molecular complexity index is 797. The lowest BCUT2D eigenvalue weighted by Crippen LogP contribution is -2.38. The second-order valence-electron chi connectivity index (χ2n) is 7.84. The number of ether oxygens (including phenoxy) is 1. The van der Waals surface area contributed by atoms with Gasteiger partial charge in [0.1, 0.15) is 5.75 Å². The van der Waals surface area contributed by atoms with E-state index in [1.165, 1.54) is 35.4 Å². The number of rotatable bonds is 4. The lowest BCUT2D eigenvalue weighted by molar-refractivity contribution is 0.211. The molecule has 2 aromatic rings. The van der Waals surface area contributed by atoms with Crippen LogP contribution < -0.4 is 10.1 Å². The van der Waals surface area contributed by atoms with Crippen LogP contribution in [-0.4, -0.2) is 54.1 Å². The highest BCUT2D eigenvalue weighted by Gasteiger charge is 2.21. The second kappa shape index (κ2) is 9.59. The van der Waals surface area contributed by atoms with Crippen molar-refractivity contribution in [2.75, 3.05) is 38.6 Å². The maximum absolute atomic E-state index is 12.8. The first kappa shape index (κ1) is 20.2. The molecule has 156 valence electrons. The van der Waals surface area contributed by atoms with E-state index in [1.54, 1.807) is 18.4 Å². The number of fused-ring (bicyclic) bond motifs is 1. The molecular weight excluding hydrogens is 384 g/mol. The highest BCUT2D eigenvalue weighted by molar-refractivity contribution is 7.15. The number of anilines is 1. The molecule has 0 spiro atoms. The summed E-state index contributed by atoms with van der Waals surface area (Å²) in [6.45, 7) is 4.32. The Morgan fingerprint density at radius 1 is 1.07 bits per heavy atom. The first-order chi connectivity index (χ1) is 14.2. The van der Waals surface area contributed by atoms with E-state index in [0.29, 0.717) is 0 Å². The largest absolute Gasteiger partial charge is 0.497 e. The maximum atomic E-state index is 12.8. The number of hydrogen-bond acceptors (Lipinski definition) is 5. The zero-order valence-electron chi connectivity index (χ0n) is 17.2. The van der Waals surface area contributed by atoms with Gasteiger partial charge in [-0.05, 0) is 49.8 Å². The lowest BCUT2D eigenvalue weighted by Gasteiger charge is -2.22. The van der Waals surface area contributed by atoms with Gasteiger partial charge in [-0.2, -0.15) is 0 Å². The highest BCUT2D eigenvalue weighted by Crippen LogP contribution is 2.29. The molecule has 2 heterocycles. The van der Waals surface area contributed by atoms with Gasteiger partial charge in [0, 0.05) is 37.6 Å². The van der Waals surface area contributed by atoms with E-state index >= 15 is 0 Å². The third-order valence-electron chi connectivity index (χ3n) is 5.75. The number of carbonyl (C=O) groups excluding carboxylic acids is 1. The summed E-state index contributed by atoms with van der Waals surface area (Å²) in [5.41, 5.74) is 2.47. The van der Waals surface area contributed by atoms with Crippen molar-refractivity contribution in [3.05, 3.63) is 40.4 Å². The Labute approximate surface area is 176 Å². The van der Waals surface area contributed by atoms with Crippen molar-refractivity contribution >= 4 is 22.5 Å². The fourth-order valence-corrected chi connectivity index (χ4v) is 5.11. The third-order valence-corrected chi connectivity index (χ3v) is 6.82. The number of hydrogen-bond donors (Lipinski definition) is 1. The molecule has 0 bridgehead atoms. The lowest BCUT2D eigenvalue weighted by atomic mass is 10.2. The van der Waals surface area contributed by atoms with Gasteiger partial charge in [0.25, 0.3) is 0 Å². The molecule has 0 saturated carbocycles. The number of methoxy groups -OCH3 is 1. The van der Waals surface area contributed by atoms with Gasteiger partial charge in [-0.15, -0.1) is 11.3 Å². The van der Waals surface area contributed by atoms with Crippen molar-refractivity contribution in [1.29, 1.82) is 0 Å². The van der Waals surface area contributed by atoms with Gasteiger partial charge in [0.15, 0.2) is 5.13 Å². The average Bonchev–Trinajstić information content (AvgIpc) is 2.90. The maximum Gasteiger partial charge on any atom is 0.323 e. The summed E-state index contributed by atoms with van der Waals surface area (Å²) in [5, 5.41) is 3.82. The molecule has 2 amide bonds. The van der Waals surface area contributed by atoms with E-state index in [4.69, 9.17) is 9.72 Å². The summed E-state index contributed by atoms with van der Waals surface area (Å²) in [4.78, 5) is 23.2. The van der Waals surface area contributed by atoms with Crippen molar-refractivity contribution in [1.82, 2.24) is 14.8 Å². The zero-order valence-corrected chi connectivity index (χ0v) is 18.0. The Kier molecular flexibility index (Phi) is 6.67. The van der Waals surface area contributed by atoms with Gasteiger partial charge in [0.2, 0.25) is 0 Å². The SMILES string of the molecule is COc1ccc(CN2CCCN(C(=O)Nc3nc4c(s3)CCCCC4)CC2)cc1. The summed E-state index contributed by atoms with van der Waals surface area (Å²) < 4.78 is 5.23.